The van der Waals surface area contributed by atoms with E-state index in [-0.39, 0.29) is 18.1 Å². The molecule has 1 aromatic carbocycles. The molecule has 0 aliphatic rings. The molecule has 3 rings (SSSR count). The summed E-state index contributed by atoms with van der Waals surface area (Å²) in [6.45, 7) is 2.26. The van der Waals surface area contributed by atoms with Crippen LogP contribution in [0.4, 0.5) is 0 Å². The molecule has 0 saturated carbocycles. The fraction of sp³-hybridized carbons (Fsp3) is 0.211. The summed E-state index contributed by atoms with van der Waals surface area (Å²) in [6.07, 6.45) is 3.58. The Kier molecular flexibility index (Phi) is 5.20. The first-order valence-electron chi connectivity index (χ1n) is 7.97. The third-order valence-electron chi connectivity index (χ3n) is 3.77. The van der Waals surface area contributed by atoms with Crippen molar-refractivity contribution in [2.45, 2.75) is 19.6 Å². The minimum Gasteiger partial charge on any atom is -0.467 e. The monoisotopic (exact) mass is 337 g/mol. The van der Waals surface area contributed by atoms with Gasteiger partial charge >= 0.3 is 0 Å². The Morgan fingerprint density at radius 2 is 1.96 bits per heavy atom. The first-order valence-corrected chi connectivity index (χ1v) is 7.97. The highest BCUT2D eigenvalue weighted by Crippen LogP contribution is 2.18. The summed E-state index contributed by atoms with van der Waals surface area (Å²) in [4.78, 5) is 22.7. The molecule has 2 aromatic heterocycles. The maximum absolute atomic E-state index is 12.8. The molecule has 0 radical (unpaired) electrons. The second-order valence-corrected chi connectivity index (χ2v) is 5.75. The van der Waals surface area contributed by atoms with Gasteiger partial charge in [-0.2, -0.15) is 0 Å². The van der Waals surface area contributed by atoms with Crippen LogP contribution in [0, 0.1) is 6.92 Å². The van der Waals surface area contributed by atoms with E-state index in [9.17, 15) is 9.90 Å². The number of aliphatic hydroxyl groups excluding tert-OH is 1. The van der Waals surface area contributed by atoms with Crippen molar-refractivity contribution in [3.63, 3.8) is 0 Å². The fourth-order valence-corrected chi connectivity index (χ4v) is 2.47. The van der Waals surface area contributed by atoms with E-state index in [1.807, 2.05) is 37.3 Å². The van der Waals surface area contributed by atoms with Crippen LogP contribution >= 0.6 is 0 Å². The Morgan fingerprint density at radius 3 is 2.60 bits per heavy atom. The zero-order valence-corrected chi connectivity index (χ0v) is 13.9. The van der Waals surface area contributed by atoms with E-state index in [1.165, 1.54) is 12.5 Å². The smallest absolute Gasteiger partial charge is 0.274 e. The van der Waals surface area contributed by atoms with Crippen LogP contribution in [0.3, 0.4) is 0 Å². The Balaban J connectivity index is 1.82. The molecule has 1 unspecified atom stereocenters. The lowest BCUT2D eigenvalue weighted by atomic mass is 10.1. The second kappa shape index (κ2) is 7.72. The maximum atomic E-state index is 12.8. The van der Waals surface area contributed by atoms with Crippen LogP contribution in [-0.2, 0) is 6.54 Å². The molecular weight excluding hydrogens is 318 g/mol. The van der Waals surface area contributed by atoms with Gasteiger partial charge < -0.3 is 14.4 Å². The summed E-state index contributed by atoms with van der Waals surface area (Å²) in [6, 6.07) is 13.0. The second-order valence-electron chi connectivity index (χ2n) is 5.75. The van der Waals surface area contributed by atoms with E-state index >= 15 is 0 Å². The average molecular weight is 337 g/mol. The van der Waals surface area contributed by atoms with Crippen molar-refractivity contribution < 1.29 is 14.3 Å². The zero-order valence-electron chi connectivity index (χ0n) is 13.9. The minimum atomic E-state index is -0.916. The summed E-state index contributed by atoms with van der Waals surface area (Å²) >= 11 is 0. The van der Waals surface area contributed by atoms with Crippen molar-refractivity contribution in [2.24, 2.45) is 0 Å². The summed E-state index contributed by atoms with van der Waals surface area (Å²) in [5, 5.41) is 10.4. The van der Waals surface area contributed by atoms with Gasteiger partial charge in [0.1, 0.15) is 17.6 Å². The van der Waals surface area contributed by atoms with Crippen LogP contribution in [0.1, 0.15) is 33.6 Å². The molecule has 0 aliphatic carbocycles. The van der Waals surface area contributed by atoms with Gasteiger partial charge in [-0.15, -0.1) is 0 Å². The fourth-order valence-electron chi connectivity index (χ4n) is 2.47. The number of carbonyl (C=O) groups is 1. The summed E-state index contributed by atoms with van der Waals surface area (Å²) < 4.78 is 5.23. The molecule has 0 bridgehead atoms. The lowest BCUT2D eigenvalue weighted by molar-refractivity contribution is 0.0557. The van der Waals surface area contributed by atoms with Gasteiger partial charge in [0.2, 0.25) is 0 Å². The molecule has 1 N–H and O–H groups in total. The maximum Gasteiger partial charge on any atom is 0.274 e. The molecule has 3 aromatic rings. The largest absolute Gasteiger partial charge is 0.467 e. The van der Waals surface area contributed by atoms with Crippen LogP contribution in [-0.4, -0.2) is 32.4 Å². The number of aryl methyl sites for hydroxylation is 1. The predicted molar refractivity (Wildman–Crippen MR) is 91.6 cm³/mol. The number of hydrogen-bond acceptors (Lipinski definition) is 5. The van der Waals surface area contributed by atoms with E-state index in [2.05, 4.69) is 9.97 Å². The topological polar surface area (TPSA) is 79.5 Å². The van der Waals surface area contributed by atoms with Crippen molar-refractivity contribution in [1.29, 1.82) is 0 Å². The number of benzene rings is 1. The normalized spacial score (nSPS) is 11.9. The summed E-state index contributed by atoms with van der Waals surface area (Å²) in [5.41, 5.74) is 1.94. The van der Waals surface area contributed by atoms with Gasteiger partial charge in [0.05, 0.1) is 24.7 Å². The van der Waals surface area contributed by atoms with Gasteiger partial charge in [-0.25, -0.2) is 4.98 Å². The Bertz CT molecular complexity index is 802. The Hall–Kier alpha value is -2.99. The van der Waals surface area contributed by atoms with E-state index in [0.29, 0.717) is 12.3 Å². The third kappa shape index (κ3) is 4.30. The van der Waals surface area contributed by atoms with Crippen molar-refractivity contribution in [3.05, 3.63) is 83.8 Å². The molecule has 0 spiro atoms. The minimum absolute atomic E-state index is 0.0940. The SMILES string of the molecule is Cc1cnc(C(=O)N(Cc2ccccc2)CC(O)c2ccco2)cn1. The lowest BCUT2D eigenvalue weighted by Crippen LogP contribution is -2.35. The standard InChI is InChI=1S/C19H19N3O3/c1-14-10-21-16(11-20-14)19(24)22(12-15-6-3-2-4-7-15)13-17(23)18-8-5-9-25-18/h2-11,17,23H,12-13H2,1H3. The quantitative estimate of drug-likeness (QED) is 0.748. The molecule has 0 saturated heterocycles. The molecule has 25 heavy (non-hydrogen) atoms. The van der Waals surface area contributed by atoms with E-state index in [4.69, 9.17) is 4.42 Å². The highest BCUT2D eigenvalue weighted by Gasteiger charge is 2.23. The number of aliphatic hydroxyl groups is 1. The van der Waals surface area contributed by atoms with E-state index < -0.39 is 6.10 Å². The van der Waals surface area contributed by atoms with Crippen molar-refractivity contribution in [1.82, 2.24) is 14.9 Å². The molecule has 128 valence electrons. The number of nitrogens with zero attached hydrogens (tertiary/aromatic N) is 3. The van der Waals surface area contributed by atoms with Crippen LogP contribution in [0.5, 0.6) is 0 Å². The molecular formula is C19H19N3O3. The van der Waals surface area contributed by atoms with Gasteiger partial charge in [0, 0.05) is 12.7 Å². The number of aromatic nitrogens is 2. The number of rotatable bonds is 6. The number of carbonyl (C=O) groups excluding carboxylic acids is 1. The Morgan fingerprint density at radius 1 is 1.16 bits per heavy atom. The molecule has 6 nitrogen and oxygen atoms in total. The van der Waals surface area contributed by atoms with Gasteiger partial charge in [-0.3, -0.25) is 9.78 Å². The van der Waals surface area contributed by atoms with Gasteiger partial charge in [0.25, 0.3) is 5.91 Å². The predicted octanol–water partition coefficient (Wildman–Crippen LogP) is 2.75. The molecule has 1 atom stereocenters. The average Bonchev–Trinajstić information content (AvgIpc) is 3.17. The molecule has 1 amide bonds. The number of amides is 1. The van der Waals surface area contributed by atoms with Crippen LogP contribution in [0.25, 0.3) is 0 Å². The van der Waals surface area contributed by atoms with Crippen molar-refractivity contribution in [2.75, 3.05) is 6.54 Å². The van der Waals surface area contributed by atoms with Crippen LogP contribution in [0.2, 0.25) is 0 Å². The third-order valence-corrected chi connectivity index (χ3v) is 3.77. The first-order chi connectivity index (χ1) is 12.1. The lowest BCUT2D eigenvalue weighted by Gasteiger charge is -2.24. The molecule has 2 heterocycles. The first kappa shape index (κ1) is 16.9. The number of furan rings is 1. The van der Waals surface area contributed by atoms with Crippen LogP contribution in [0.15, 0.2) is 65.5 Å². The van der Waals surface area contributed by atoms with Crippen molar-refractivity contribution >= 4 is 5.91 Å². The van der Waals surface area contributed by atoms with Crippen LogP contribution < -0.4 is 0 Å². The van der Waals surface area contributed by atoms with E-state index in [0.717, 1.165) is 11.3 Å². The molecule has 0 aliphatic heterocycles. The van der Waals surface area contributed by atoms with Gasteiger partial charge in [-0.05, 0) is 24.6 Å². The highest BCUT2D eigenvalue weighted by atomic mass is 16.4. The van der Waals surface area contributed by atoms with Gasteiger partial charge in [-0.1, -0.05) is 30.3 Å². The molecule has 0 fully saturated rings. The highest BCUT2D eigenvalue weighted by molar-refractivity contribution is 5.92. The zero-order chi connectivity index (χ0) is 17.6. The van der Waals surface area contributed by atoms with Crippen molar-refractivity contribution in [3.8, 4) is 0 Å². The molecule has 6 heteroatoms. The summed E-state index contributed by atoms with van der Waals surface area (Å²) in [7, 11) is 0. The summed E-state index contributed by atoms with van der Waals surface area (Å²) in [5.74, 6) is 0.128. The van der Waals surface area contributed by atoms with E-state index in [1.54, 1.807) is 23.2 Å². The van der Waals surface area contributed by atoms with Gasteiger partial charge in [0.15, 0.2) is 0 Å². The number of hydrogen-bond donors (Lipinski definition) is 1. The Labute approximate surface area is 145 Å².